The van der Waals surface area contributed by atoms with Crippen LogP contribution in [0.15, 0.2) is 18.2 Å². The summed E-state index contributed by atoms with van der Waals surface area (Å²) in [6.45, 7) is 0.526. The highest BCUT2D eigenvalue weighted by Crippen LogP contribution is 2.30. The summed E-state index contributed by atoms with van der Waals surface area (Å²) in [5, 5.41) is 74.7. The number of ether oxygens (including phenoxy) is 5. The normalized spacial score (nSPS) is 31.8. The van der Waals surface area contributed by atoms with Crippen molar-refractivity contribution in [2.75, 3.05) is 26.9 Å². The number of hydrogen-bond acceptors (Lipinski definition) is 14. The number of unbranched alkanes of at least 4 members (excludes halogenated alkanes) is 5. The summed E-state index contributed by atoms with van der Waals surface area (Å²) in [6, 6.07) is 3.13. The van der Waals surface area contributed by atoms with Gasteiger partial charge < -0.3 is 64.7 Å². The molecule has 0 aliphatic carbocycles. The number of phenols is 1. The molecule has 2 saturated heterocycles. The highest BCUT2D eigenvalue weighted by Gasteiger charge is 2.51. The number of carbonyl (C=O) groups is 2. The van der Waals surface area contributed by atoms with Gasteiger partial charge in [0.05, 0.1) is 25.9 Å². The number of aliphatic hydroxyl groups excluding tert-OH is 6. The van der Waals surface area contributed by atoms with E-state index >= 15 is 0 Å². The van der Waals surface area contributed by atoms with Crippen LogP contribution in [0.5, 0.6) is 5.75 Å². The maximum Gasteiger partial charge on any atom is 0.305 e. The van der Waals surface area contributed by atoms with E-state index in [4.69, 9.17) is 18.9 Å². The van der Waals surface area contributed by atoms with Crippen molar-refractivity contribution in [3.63, 3.8) is 0 Å². The van der Waals surface area contributed by atoms with E-state index in [1.165, 1.54) is 19.2 Å². The molecule has 0 bridgehead atoms. The Morgan fingerprint density at radius 3 is 2.16 bits per heavy atom. The van der Waals surface area contributed by atoms with Crippen LogP contribution in [0, 0.1) is 6.92 Å². The zero-order valence-corrected chi connectivity index (χ0v) is 25.6. The van der Waals surface area contributed by atoms with Gasteiger partial charge in [0, 0.05) is 13.0 Å². The molecule has 0 radical (unpaired) electrons. The first-order valence-corrected chi connectivity index (χ1v) is 15.2. The molecule has 0 aromatic heterocycles. The van der Waals surface area contributed by atoms with E-state index in [-0.39, 0.29) is 23.9 Å². The molecule has 2 fully saturated rings. The van der Waals surface area contributed by atoms with Crippen LogP contribution in [-0.4, -0.2) is 136 Å². The molecule has 1 aromatic rings. The second-order valence-corrected chi connectivity index (χ2v) is 11.4. The van der Waals surface area contributed by atoms with E-state index in [9.17, 15) is 45.3 Å². The lowest BCUT2D eigenvalue weighted by Crippen LogP contribution is -2.67. The molecular weight excluding hydrogens is 598 g/mol. The van der Waals surface area contributed by atoms with Gasteiger partial charge in [0.25, 0.3) is 5.91 Å². The van der Waals surface area contributed by atoms with E-state index in [2.05, 4.69) is 10.1 Å². The third-order valence-corrected chi connectivity index (χ3v) is 7.97. The first-order valence-electron chi connectivity index (χ1n) is 15.2. The molecular formula is C30H47NO14. The maximum absolute atomic E-state index is 13.2. The highest BCUT2D eigenvalue weighted by molar-refractivity contribution is 5.97. The Labute approximate surface area is 261 Å². The smallest absolute Gasteiger partial charge is 0.305 e. The molecule has 45 heavy (non-hydrogen) atoms. The standard InChI is InChI=1S/C30H47NO14/c1-16-10-11-18(34)17(13-16)28(40)31-22-24(37)27(45-30-26(39)25(38)23(36)19(14-32)43-30)20(15-33)44-29(22)42-12-8-6-4-3-5-7-9-21(35)41-2/h10-11,13,19-20,22-27,29-30,32-34,36-39H,3-9,12,14-15H2,1-2H3,(H,31,40)/t19?,20?,22?,23-,24?,25?,26?,27+,29+,30?/m0/s1. The van der Waals surface area contributed by atoms with Crippen LogP contribution in [0.4, 0.5) is 0 Å². The van der Waals surface area contributed by atoms with Crippen LogP contribution in [0.2, 0.25) is 0 Å². The number of aliphatic hydroxyl groups is 6. The number of carbonyl (C=O) groups excluding carboxylic acids is 2. The number of methoxy groups -OCH3 is 1. The number of aryl methyl sites for hydroxylation is 1. The number of aromatic hydroxyl groups is 1. The number of hydrogen-bond donors (Lipinski definition) is 8. The van der Waals surface area contributed by atoms with Gasteiger partial charge >= 0.3 is 5.97 Å². The average molecular weight is 646 g/mol. The predicted molar refractivity (Wildman–Crippen MR) is 155 cm³/mol. The van der Waals surface area contributed by atoms with Crippen molar-refractivity contribution in [2.24, 2.45) is 0 Å². The minimum atomic E-state index is -1.79. The Balaban J connectivity index is 1.69. The van der Waals surface area contributed by atoms with Crippen LogP contribution in [0.1, 0.15) is 60.9 Å². The third-order valence-electron chi connectivity index (χ3n) is 7.97. The second kappa shape index (κ2) is 18.0. The van der Waals surface area contributed by atoms with Crippen molar-refractivity contribution in [3.05, 3.63) is 29.3 Å². The van der Waals surface area contributed by atoms with Gasteiger partial charge in [0.1, 0.15) is 54.5 Å². The van der Waals surface area contributed by atoms with Crippen LogP contribution >= 0.6 is 0 Å². The highest BCUT2D eigenvalue weighted by atomic mass is 16.7. The largest absolute Gasteiger partial charge is 0.507 e. The Kier molecular flexibility index (Phi) is 14.8. The van der Waals surface area contributed by atoms with Gasteiger partial charge in [0.2, 0.25) is 0 Å². The lowest BCUT2D eigenvalue weighted by Gasteiger charge is -2.47. The summed E-state index contributed by atoms with van der Waals surface area (Å²) >= 11 is 0. The van der Waals surface area contributed by atoms with Crippen molar-refractivity contribution in [2.45, 2.75) is 113 Å². The number of esters is 1. The molecule has 15 nitrogen and oxygen atoms in total. The molecule has 1 aromatic carbocycles. The average Bonchev–Trinajstić information content (AvgIpc) is 3.03. The molecule has 3 rings (SSSR count). The fraction of sp³-hybridized carbons (Fsp3) is 0.733. The molecule has 0 saturated carbocycles. The topological polar surface area (TPSA) is 234 Å². The zero-order chi connectivity index (χ0) is 33.1. The van der Waals surface area contributed by atoms with Crippen molar-refractivity contribution in [1.29, 1.82) is 0 Å². The first-order chi connectivity index (χ1) is 21.5. The van der Waals surface area contributed by atoms with E-state index in [1.54, 1.807) is 13.0 Å². The Morgan fingerprint density at radius 2 is 1.49 bits per heavy atom. The van der Waals surface area contributed by atoms with Crippen LogP contribution < -0.4 is 5.32 Å². The van der Waals surface area contributed by atoms with Gasteiger partial charge in [-0.3, -0.25) is 9.59 Å². The molecule has 7 unspecified atom stereocenters. The quantitative estimate of drug-likeness (QED) is 0.0795. The Morgan fingerprint density at radius 1 is 0.844 bits per heavy atom. The Bertz CT molecular complexity index is 1070. The van der Waals surface area contributed by atoms with Gasteiger partial charge in [0.15, 0.2) is 12.6 Å². The first kappa shape index (κ1) is 37.0. The molecule has 0 spiro atoms. The molecule has 2 heterocycles. The molecule has 10 atom stereocenters. The van der Waals surface area contributed by atoms with Crippen molar-refractivity contribution < 1.29 is 69.0 Å². The van der Waals surface area contributed by atoms with Crippen LogP contribution in [0.3, 0.4) is 0 Å². The molecule has 8 N–H and O–H groups in total. The van der Waals surface area contributed by atoms with E-state index in [0.717, 1.165) is 32.1 Å². The summed E-state index contributed by atoms with van der Waals surface area (Å²) in [5.74, 6) is -1.28. The van der Waals surface area contributed by atoms with Crippen LogP contribution in [0.25, 0.3) is 0 Å². The van der Waals surface area contributed by atoms with Crippen molar-refractivity contribution >= 4 is 11.9 Å². The summed E-state index contributed by atoms with van der Waals surface area (Å²) in [7, 11) is 1.36. The van der Waals surface area contributed by atoms with Crippen molar-refractivity contribution in [1.82, 2.24) is 5.32 Å². The van der Waals surface area contributed by atoms with Crippen LogP contribution in [-0.2, 0) is 28.5 Å². The number of nitrogens with one attached hydrogen (secondary N) is 1. The second-order valence-electron chi connectivity index (χ2n) is 11.4. The fourth-order valence-electron chi connectivity index (χ4n) is 5.31. The summed E-state index contributed by atoms with van der Waals surface area (Å²) in [6.07, 6.45) is -8.49. The monoisotopic (exact) mass is 645 g/mol. The maximum atomic E-state index is 13.2. The minimum absolute atomic E-state index is 0.0659. The lowest BCUT2D eigenvalue weighted by molar-refractivity contribution is -0.348. The van der Waals surface area contributed by atoms with Gasteiger partial charge in [-0.2, -0.15) is 0 Å². The van der Waals surface area contributed by atoms with E-state index in [1.807, 2.05) is 0 Å². The van der Waals surface area contributed by atoms with E-state index < -0.39 is 80.5 Å². The number of amides is 1. The number of rotatable bonds is 16. The molecule has 2 aliphatic heterocycles. The summed E-state index contributed by atoms with van der Waals surface area (Å²) in [5.41, 5.74) is 0.629. The molecule has 256 valence electrons. The summed E-state index contributed by atoms with van der Waals surface area (Å²) < 4.78 is 27.6. The SMILES string of the molecule is COC(=O)CCCCCCCCO[C@@H]1OC(CO)[C@@H](OC2OC(CO)[C@H](O)C(O)C2O)C(O)C1NC(=O)c1cc(C)ccc1O. The van der Waals surface area contributed by atoms with Gasteiger partial charge in [-0.25, -0.2) is 0 Å². The van der Waals surface area contributed by atoms with Crippen molar-refractivity contribution in [3.8, 4) is 5.75 Å². The number of benzene rings is 1. The summed E-state index contributed by atoms with van der Waals surface area (Å²) in [4.78, 5) is 24.5. The molecule has 2 aliphatic rings. The van der Waals surface area contributed by atoms with Gasteiger partial charge in [-0.05, 0) is 31.9 Å². The van der Waals surface area contributed by atoms with Gasteiger partial charge in [-0.15, -0.1) is 0 Å². The Hall–Kier alpha value is -2.44. The fourth-order valence-corrected chi connectivity index (χ4v) is 5.31. The van der Waals surface area contributed by atoms with Gasteiger partial charge in [-0.1, -0.05) is 37.3 Å². The predicted octanol–water partition coefficient (Wildman–Crippen LogP) is -1.02. The third kappa shape index (κ3) is 10.0. The number of phenolic OH excluding ortho intramolecular Hbond substituents is 1. The molecule has 15 heteroatoms. The van der Waals surface area contributed by atoms with E-state index in [0.29, 0.717) is 18.4 Å². The molecule has 1 amide bonds. The lowest BCUT2D eigenvalue weighted by atomic mass is 9.95. The minimum Gasteiger partial charge on any atom is -0.507 e. The zero-order valence-electron chi connectivity index (χ0n) is 25.6.